The number of unbranched alkanes of at least 4 members (excludes halogenated alkanes) is 1. The van der Waals surface area contributed by atoms with Crippen LogP contribution in [0.1, 0.15) is 68.8 Å². The zero-order chi connectivity index (χ0) is 13.4. The van der Waals surface area contributed by atoms with Crippen LogP contribution < -0.4 is 0 Å². The maximum Gasteiger partial charge on any atom is 0.165 e. The molecule has 0 saturated carbocycles. The maximum atomic E-state index is 12.4. The highest BCUT2D eigenvalue weighted by Gasteiger charge is 2.17. The van der Waals surface area contributed by atoms with Crippen LogP contribution in [0.4, 0.5) is 0 Å². The minimum Gasteiger partial charge on any atom is -0.294 e. The van der Waals surface area contributed by atoms with E-state index in [1.54, 1.807) is 0 Å². The Bertz CT molecular complexity index is 368. The molecule has 0 spiro atoms. The largest absolute Gasteiger partial charge is 0.294 e. The summed E-state index contributed by atoms with van der Waals surface area (Å²) < 4.78 is 0. The molecule has 0 aliphatic heterocycles. The summed E-state index contributed by atoms with van der Waals surface area (Å²) in [6.45, 7) is 6.47. The topological polar surface area (TPSA) is 17.1 Å². The lowest BCUT2D eigenvalue weighted by molar-refractivity contribution is 0.0908. The summed E-state index contributed by atoms with van der Waals surface area (Å²) in [5.41, 5.74) is 2.19. The molecule has 1 nitrogen and oxygen atoms in total. The summed E-state index contributed by atoms with van der Waals surface area (Å²) in [6, 6.07) is 8.19. The molecule has 0 fully saturated rings. The molecule has 0 aliphatic rings. The number of aryl methyl sites for hydroxylation is 1. The average molecular weight is 246 g/mol. The zero-order valence-electron chi connectivity index (χ0n) is 12.0. The predicted octanol–water partition coefficient (Wildman–Crippen LogP) is 5.04. The molecule has 0 radical (unpaired) electrons. The monoisotopic (exact) mass is 246 g/mol. The number of benzene rings is 1. The number of Topliss-reactive ketones (excluding diaryl/α,β-unsaturated/α-hetero) is 1. The highest BCUT2D eigenvalue weighted by atomic mass is 16.1. The van der Waals surface area contributed by atoms with Crippen LogP contribution in [0.3, 0.4) is 0 Å². The summed E-state index contributed by atoms with van der Waals surface area (Å²) >= 11 is 0. The zero-order valence-corrected chi connectivity index (χ0v) is 12.0. The van der Waals surface area contributed by atoms with Crippen molar-refractivity contribution in [2.24, 2.45) is 5.92 Å². The van der Waals surface area contributed by atoms with Crippen LogP contribution in [0.25, 0.3) is 0 Å². The molecule has 1 atom stereocenters. The molecule has 0 aromatic heterocycles. The van der Waals surface area contributed by atoms with Crippen molar-refractivity contribution in [1.82, 2.24) is 0 Å². The Labute approximate surface area is 112 Å². The fraction of sp³-hybridized carbons (Fsp3) is 0.588. The van der Waals surface area contributed by atoms with Crippen molar-refractivity contribution in [2.75, 3.05) is 0 Å². The van der Waals surface area contributed by atoms with Crippen LogP contribution in [0.2, 0.25) is 0 Å². The fourth-order valence-corrected chi connectivity index (χ4v) is 2.38. The van der Waals surface area contributed by atoms with E-state index < -0.39 is 0 Å². The number of hydrogen-bond acceptors (Lipinski definition) is 1. The minimum atomic E-state index is 0.210. The second kappa shape index (κ2) is 8.07. The fourth-order valence-electron chi connectivity index (χ4n) is 2.38. The van der Waals surface area contributed by atoms with Gasteiger partial charge in [-0.3, -0.25) is 4.79 Å². The number of carbonyl (C=O) groups excluding carboxylic acids is 1. The summed E-state index contributed by atoms with van der Waals surface area (Å²) in [6.07, 6.45) is 6.50. The maximum absolute atomic E-state index is 12.4. The third-order valence-corrected chi connectivity index (χ3v) is 3.52. The first-order valence-electron chi connectivity index (χ1n) is 7.36. The van der Waals surface area contributed by atoms with Crippen LogP contribution in [-0.2, 0) is 6.42 Å². The molecule has 0 heterocycles. The van der Waals surface area contributed by atoms with Gasteiger partial charge in [-0.1, -0.05) is 58.2 Å². The molecular formula is C17H26O. The van der Waals surface area contributed by atoms with Gasteiger partial charge in [-0.15, -0.1) is 0 Å². The van der Waals surface area contributed by atoms with E-state index in [-0.39, 0.29) is 5.92 Å². The summed E-state index contributed by atoms with van der Waals surface area (Å²) in [4.78, 5) is 12.4. The lowest BCUT2D eigenvalue weighted by Gasteiger charge is -2.13. The SMILES string of the molecule is CCCCC(CC)C(=O)c1cccc(CCC)c1. The predicted molar refractivity (Wildman–Crippen MR) is 78.1 cm³/mol. The van der Waals surface area contributed by atoms with Gasteiger partial charge in [0.15, 0.2) is 5.78 Å². The minimum absolute atomic E-state index is 0.210. The third-order valence-electron chi connectivity index (χ3n) is 3.52. The van der Waals surface area contributed by atoms with Crippen LogP contribution in [0, 0.1) is 5.92 Å². The molecule has 1 rings (SSSR count). The molecule has 18 heavy (non-hydrogen) atoms. The number of carbonyl (C=O) groups is 1. The first-order chi connectivity index (χ1) is 8.72. The Kier molecular flexibility index (Phi) is 6.70. The standard InChI is InChI=1S/C17H26O/c1-4-7-11-15(6-3)17(18)16-12-8-10-14(13-16)9-5-2/h8,10,12-13,15H,4-7,9,11H2,1-3H3. The van der Waals surface area contributed by atoms with Gasteiger partial charge < -0.3 is 0 Å². The van der Waals surface area contributed by atoms with E-state index in [9.17, 15) is 4.79 Å². The summed E-state index contributed by atoms with van der Waals surface area (Å²) in [7, 11) is 0. The Morgan fingerprint density at radius 3 is 2.56 bits per heavy atom. The van der Waals surface area contributed by atoms with Gasteiger partial charge >= 0.3 is 0 Å². The van der Waals surface area contributed by atoms with E-state index in [1.807, 2.05) is 12.1 Å². The van der Waals surface area contributed by atoms with Crippen LogP contribution in [-0.4, -0.2) is 5.78 Å². The van der Waals surface area contributed by atoms with Gasteiger partial charge in [0.2, 0.25) is 0 Å². The van der Waals surface area contributed by atoms with Gasteiger partial charge in [0.25, 0.3) is 0 Å². The van der Waals surface area contributed by atoms with E-state index in [1.165, 1.54) is 12.0 Å². The van der Waals surface area contributed by atoms with Gasteiger partial charge in [-0.2, -0.15) is 0 Å². The molecule has 1 heteroatoms. The Hall–Kier alpha value is -1.11. The molecule has 1 aromatic rings. The molecule has 1 unspecified atom stereocenters. The normalized spacial score (nSPS) is 12.4. The lowest BCUT2D eigenvalue weighted by atomic mass is 9.90. The van der Waals surface area contributed by atoms with Gasteiger partial charge in [0.05, 0.1) is 0 Å². The van der Waals surface area contributed by atoms with E-state index in [4.69, 9.17) is 0 Å². The number of rotatable bonds is 8. The highest BCUT2D eigenvalue weighted by Crippen LogP contribution is 2.19. The Balaban J connectivity index is 2.77. The molecule has 0 N–H and O–H groups in total. The van der Waals surface area contributed by atoms with Crippen molar-refractivity contribution in [2.45, 2.75) is 59.3 Å². The van der Waals surface area contributed by atoms with E-state index in [0.29, 0.717) is 5.78 Å². The van der Waals surface area contributed by atoms with Crippen molar-refractivity contribution in [1.29, 1.82) is 0 Å². The van der Waals surface area contributed by atoms with E-state index in [0.717, 1.165) is 37.7 Å². The smallest absolute Gasteiger partial charge is 0.165 e. The van der Waals surface area contributed by atoms with Crippen molar-refractivity contribution < 1.29 is 4.79 Å². The quantitative estimate of drug-likeness (QED) is 0.587. The highest BCUT2D eigenvalue weighted by molar-refractivity contribution is 5.97. The molecule has 0 saturated heterocycles. The number of hydrogen-bond donors (Lipinski definition) is 0. The molecular weight excluding hydrogens is 220 g/mol. The molecule has 0 bridgehead atoms. The van der Waals surface area contributed by atoms with E-state index in [2.05, 4.69) is 32.9 Å². The Morgan fingerprint density at radius 2 is 1.94 bits per heavy atom. The van der Waals surface area contributed by atoms with Gasteiger partial charge in [0, 0.05) is 11.5 Å². The molecule has 0 aliphatic carbocycles. The third kappa shape index (κ3) is 4.29. The first-order valence-corrected chi connectivity index (χ1v) is 7.36. The number of ketones is 1. The van der Waals surface area contributed by atoms with Gasteiger partial charge in [-0.05, 0) is 30.9 Å². The average Bonchev–Trinajstić information content (AvgIpc) is 2.40. The second-order valence-corrected chi connectivity index (χ2v) is 5.06. The first kappa shape index (κ1) is 14.9. The van der Waals surface area contributed by atoms with Crippen molar-refractivity contribution >= 4 is 5.78 Å². The van der Waals surface area contributed by atoms with Crippen molar-refractivity contribution in [3.63, 3.8) is 0 Å². The lowest BCUT2D eigenvalue weighted by Crippen LogP contribution is -2.14. The van der Waals surface area contributed by atoms with Gasteiger partial charge in [0.1, 0.15) is 0 Å². The second-order valence-electron chi connectivity index (χ2n) is 5.06. The van der Waals surface area contributed by atoms with Crippen LogP contribution >= 0.6 is 0 Å². The molecule has 1 aromatic carbocycles. The summed E-state index contributed by atoms with van der Waals surface area (Å²) in [5.74, 6) is 0.547. The van der Waals surface area contributed by atoms with Crippen molar-refractivity contribution in [3.05, 3.63) is 35.4 Å². The Morgan fingerprint density at radius 1 is 1.17 bits per heavy atom. The van der Waals surface area contributed by atoms with Gasteiger partial charge in [-0.25, -0.2) is 0 Å². The summed E-state index contributed by atoms with van der Waals surface area (Å²) in [5, 5.41) is 0. The van der Waals surface area contributed by atoms with Crippen molar-refractivity contribution in [3.8, 4) is 0 Å². The molecule has 100 valence electrons. The van der Waals surface area contributed by atoms with Crippen LogP contribution in [0.5, 0.6) is 0 Å². The van der Waals surface area contributed by atoms with E-state index >= 15 is 0 Å². The van der Waals surface area contributed by atoms with Crippen LogP contribution in [0.15, 0.2) is 24.3 Å². The molecule has 0 amide bonds.